The van der Waals surface area contributed by atoms with Crippen LogP contribution in [0.5, 0.6) is 0 Å². The number of pyridine rings is 1. The van der Waals surface area contributed by atoms with Crippen molar-refractivity contribution >= 4 is 22.9 Å². The minimum absolute atomic E-state index is 0.00203. The molecule has 0 bridgehead atoms. The Morgan fingerprint density at radius 3 is 2.48 bits per heavy atom. The fourth-order valence-electron chi connectivity index (χ4n) is 3.97. The van der Waals surface area contributed by atoms with Crippen molar-refractivity contribution in [2.24, 2.45) is 0 Å². The van der Waals surface area contributed by atoms with Gasteiger partial charge in [0.05, 0.1) is 25.9 Å². The van der Waals surface area contributed by atoms with Gasteiger partial charge in [-0.05, 0) is 35.9 Å². The van der Waals surface area contributed by atoms with Gasteiger partial charge in [-0.1, -0.05) is 24.3 Å². The van der Waals surface area contributed by atoms with Crippen LogP contribution in [0.4, 0.5) is 0 Å². The van der Waals surface area contributed by atoms with Crippen molar-refractivity contribution < 1.29 is 19.1 Å². The molecule has 1 saturated heterocycles. The first-order valence-corrected chi connectivity index (χ1v) is 10.6. The molecule has 0 spiro atoms. The summed E-state index contributed by atoms with van der Waals surface area (Å²) in [6.07, 6.45) is 1.76. The molecule has 0 aliphatic carbocycles. The van der Waals surface area contributed by atoms with Gasteiger partial charge in [0.1, 0.15) is 5.69 Å². The molecule has 0 radical (unpaired) electrons. The number of carbonyl (C=O) groups excluding carboxylic acids is 2. The quantitative estimate of drug-likeness (QED) is 0.486. The lowest BCUT2D eigenvalue weighted by Crippen LogP contribution is -2.40. The van der Waals surface area contributed by atoms with E-state index < -0.39 is 5.97 Å². The molecule has 1 aliphatic rings. The lowest BCUT2D eigenvalue weighted by Gasteiger charge is -2.27. The van der Waals surface area contributed by atoms with E-state index in [0.29, 0.717) is 48.8 Å². The zero-order valence-electron chi connectivity index (χ0n) is 18.1. The molecule has 8 nitrogen and oxygen atoms in total. The second kappa shape index (κ2) is 8.84. The molecule has 1 amide bonds. The van der Waals surface area contributed by atoms with Crippen LogP contribution < -0.4 is 0 Å². The average Bonchev–Trinajstić information content (AvgIpc) is 3.32. The van der Waals surface area contributed by atoms with Gasteiger partial charge >= 0.3 is 5.97 Å². The number of hydrogen-bond donors (Lipinski definition) is 1. The largest absolute Gasteiger partial charge is 0.465 e. The highest BCUT2D eigenvalue weighted by Gasteiger charge is 2.19. The first-order valence-electron chi connectivity index (χ1n) is 10.6. The molecule has 3 heterocycles. The number of esters is 1. The minimum atomic E-state index is -0.405. The molecule has 2 aromatic heterocycles. The van der Waals surface area contributed by atoms with Crippen LogP contribution in [0, 0.1) is 0 Å². The Kier molecular flexibility index (Phi) is 5.58. The van der Waals surface area contributed by atoms with Gasteiger partial charge in [0.2, 0.25) is 0 Å². The first-order chi connectivity index (χ1) is 16.1. The third kappa shape index (κ3) is 4.08. The number of amides is 1. The Labute approximate surface area is 190 Å². The molecule has 1 fully saturated rings. The summed E-state index contributed by atoms with van der Waals surface area (Å²) < 4.78 is 10.2. The van der Waals surface area contributed by atoms with E-state index in [-0.39, 0.29) is 5.91 Å². The number of benzene rings is 2. The highest BCUT2D eigenvalue weighted by atomic mass is 16.5. The second-order valence-electron chi connectivity index (χ2n) is 7.75. The van der Waals surface area contributed by atoms with E-state index in [1.54, 1.807) is 24.4 Å². The zero-order chi connectivity index (χ0) is 22.8. The first kappa shape index (κ1) is 20.8. The lowest BCUT2D eigenvalue weighted by molar-refractivity contribution is 0.0303. The number of aromatic amines is 1. The maximum absolute atomic E-state index is 12.9. The molecule has 8 heteroatoms. The molecule has 5 rings (SSSR count). The summed E-state index contributed by atoms with van der Waals surface area (Å²) in [5, 5.41) is 8.19. The van der Waals surface area contributed by atoms with Gasteiger partial charge in [-0.15, -0.1) is 0 Å². The van der Waals surface area contributed by atoms with Crippen LogP contribution in [0.1, 0.15) is 20.7 Å². The van der Waals surface area contributed by atoms with E-state index in [4.69, 9.17) is 9.47 Å². The normalized spacial score (nSPS) is 13.8. The van der Waals surface area contributed by atoms with Crippen molar-refractivity contribution in [3.63, 3.8) is 0 Å². The van der Waals surface area contributed by atoms with Gasteiger partial charge in [-0.25, -0.2) is 9.78 Å². The summed E-state index contributed by atoms with van der Waals surface area (Å²) in [6.45, 7) is 2.32. The van der Waals surface area contributed by atoms with Gasteiger partial charge in [-0.2, -0.15) is 5.10 Å². The predicted molar refractivity (Wildman–Crippen MR) is 123 cm³/mol. The molecule has 166 valence electrons. The van der Waals surface area contributed by atoms with Crippen molar-refractivity contribution in [3.8, 4) is 22.4 Å². The molecular formula is C25H22N4O4. The van der Waals surface area contributed by atoms with Gasteiger partial charge in [0, 0.05) is 41.4 Å². The standard InChI is InChI=1S/C25H22N4O4/c1-32-25(31)19-7-3-5-17(13-19)22-21-14-20(15-26-23(21)28-27-22)16-4-2-6-18(12-16)24(30)29-8-10-33-11-9-29/h2-7,12-15H,8-11H2,1H3,(H,26,27,28). The number of H-pyrrole nitrogens is 1. The summed E-state index contributed by atoms with van der Waals surface area (Å²) in [7, 11) is 1.35. The van der Waals surface area contributed by atoms with Crippen LogP contribution in [-0.2, 0) is 9.47 Å². The third-order valence-corrected chi connectivity index (χ3v) is 5.71. The van der Waals surface area contributed by atoms with E-state index in [9.17, 15) is 9.59 Å². The van der Waals surface area contributed by atoms with E-state index >= 15 is 0 Å². The number of ether oxygens (including phenoxy) is 2. The Morgan fingerprint density at radius 2 is 1.70 bits per heavy atom. The Hall–Kier alpha value is -4.04. The molecule has 0 atom stereocenters. The Balaban J connectivity index is 1.51. The van der Waals surface area contributed by atoms with Crippen molar-refractivity contribution in [1.82, 2.24) is 20.1 Å². The molecule has 1 aliphatic heterocycles. The number of carbonyl (C=O) groups is 2. The van der Waals surface area contributed by atoms with Crippen LogP contribution >= 0.6 is 0 Å². The molecule has 2 aromatic carbocycles. The Bertz CT molecular complexity index is 1340. The van der Waals surface area contributed by atoms with Crippen LogP contribution in [0.15, 0.2) is 60.8 Å². The topological polar surface area (TPSA) is 97.4 Å². The van der Waals surface area contributed by atoms with Crippen molar-refractivity contribution in [2.45, 2.75) is 0 Å². The number of fused-ring (bicyclic) bond motifs is 1. The molecule has 4 aromatic rings. The number of nitrogens with zero attached hydrogens (tertiary/aromatic N) is 3. The SMILES string of the molecule is COC(=O)c1cccc(-c2n[nH]c3ncc(-c4cccc(C(=O)N5CCOCC5)c4)cc23)c1. The van der Waals surface area contributed by atoms with E-state index in [1.807, 2.05) is 41.3 Å². The van der Waals surface area contributed by atoms with Crippen LogP contribution in [0.3, 0.4) is 0 Å². The van der Waals surface area contributed by atoms with Crippen LogP contribution in [0.2, 0.25) is 0 Å². The van der Waals surface area contributed by atoms with Crippen molar-refractivity contribution in [1.29, 1.82) is 0 Å². The number of aromatic nitrogens is 3. The number of morpholine rings is 1. The zero-order valence-corrected chi connectivity index (χ0v) is 18.1. The number of methoxy groups -OCH3 is 1. The second-order valence-corrected chi connectivity index (χ2v) is 7.75. The number of hydrogen-bond acceptors (Lipinski definition) is 6. The minimum Gasteiger partial charge on any atom is -0.465 e. The van der Waals surface area contributed by atoms with Crippen molar-refractivity contribution in [3.05, 3.63) is 71.9 Å². The lowest BCUT2D eigenvalue weighted by atomic mass is 10.0. The van der Waals surface area contributed by atoms with E-state index in [0.717, 1.165) is 22.1 Å². The van der Waals surface area contributed by atoms with Gasteiger partial charge in [0.25, 0.3) is 5.91 Å². The van der Waals surface area contributed by atoms with Gasteiger partial charge in [0.15, 0.2) is 5.65 Å². The highest BCUT2D eigenvalue weighted by molar-refractivity contribution is 5.98. The fourth-order valence-corrected chi connectivity index (χ4v) is 3.97. The molecule has 0 saturated carbocycles. The predicted octanol–water partition coefficient (Wildman–Crippen LogP) is 3.55. The fraction of sp³-hybridized carbons (Fsp3) is 0.200. The summed E-state index contributed by atoms with van der Waals surface area (Å²) in [5.41, 5.74) is 4.94. The molecule has 0 unspecified atom stereocenters. The maximum Gasteiger partial charge on any atom is 0.337 e. The van der Waals surface area contributed by atoms with E-state index in [2.05, 4.69) is 15.2 Å². The summed E-state index contributed by atoms with van der Waals surface area (Å²) in [4.78, 5) is 31.2. The molecular weight excluding hydrogens is 420 g/mol. The highest BCUT2D eigenvalue weighted by Crippen LogP contribution is 2.30. The number of rotatable bonds is 4. The van der Waals surface area contributed by atoms with Crippen molar-refractivity contribution in [2.75, 3.05) is 33.4 Å². The monoisotopic (exact) mass is 442 g/mol. The maximum atomic E-state index is 12.9. The smallest absolute Gasteiger partial charge is 0.337 e. The van der Waals surface area contributed by atoms with E-state index in [1.165, 1.54) is 7.11 Å². The van der Waals surface area contributed by atoms with Gasteiger partial charge < -0.3 is 14.4 Å². The molecule has 1 N–H and O–H groups in total. The summed E-state index contributed by atoms with van der Waals surface area (Å²) in [5.74, 6) is -0.407. The summed E-state index contributed by atoms with van der Waals surface area (Å²) >= 11 is 0. The van der Waals surface area contributed by atoms with Crippen LogP contribution in [-0.4, -0.2) is 65.4 Å². The Morgan fingerprint density at radius 1 is 0.970 bits per heavy atom. The van der Waals surface area contributed by atoms with Crippen LogP contribution in [0.25, 0.3) is 33.4 Å². The number of nitrogens with one attached hydrogen (secondary N) is 1. The third-order valence-electron chi connectivity index (χ3n) is 5.71. The molecule has 33 heavy (non-hydrogen) atoms. The summed E-state index contributed by atoms with van der Waals surface area (Å²) in [6, 6.07) is 16.7. The van der Waals surface area contributed by atoms with Gasteiger partial charge in [-0.3, -0.25) is 9.89 Å². The average molecular weight is 442 g/mol.